The van der Waals surface area contributed by atoms with Crippen LogP contribution in [0.1, 0.15) is 10.4 Å². The van der Waals surface area contributed by atoms with Crippen LogP contribution in [0.3, 0.4) is 0 Å². The van der Waals surface area contributed by atoms with Crippen molar-refractivity contribution in [3.63, 3.8) is 0 Å². The van der Waals surface area contributed by atoms with Crippen LogP contribution in [-0.2, 0) is 4.79 Å². The van der Waals surface area contributed by atoms with Crippen molar-refractivity contribution in [2.45, 2.75) is 0 Å². The van der Waals surface area contributed by atoms with E-state index in [2.05, 4.69) is 16.8 Å². The first kappa shape index (κ1) is 15.1. The lowest BCUT2D eigenvalue weighted by atomic mass is 10.2. The van der Waals surface area contributed by atoms with Gasteiger partial charge in [0.05, 0.1) is 16.9 Å². The summed E-state index contributed by atoms with van der Waals surface area (Å²) in [5, 5.41) is 16.8. The SMILES string of the molecule is C=CC(=O)Oc1ccc(/N=N/c2ccc(C(=O)O)cc2)cc1. The van der Waals surface area contributed by atoms with Gasteiger partial charge in [-0.2, -0.15) is 10.2 Å². The highest BCUT2D eigenvalue weighted by Gasteiger charge is 2.01. The maximum absolute atomic E-state index is 11.0. The lowest BCUT2D eigenvalue weighted by Crippen LogP contribution is -2.02. The molecule has 22 heavy (non-hydrogen) atoms. The molecule has 0 unspecified atom stereocenters. The first-order chi connectivity index (χ1) is 10.6. The van der Waals surface area contributed by atoms with Gasteiger partial charge in [0, 0.05) is 6.08 Å². The molecule has 0 bridgehead atoms. The zero-order valence-corrected chi connectivity index (χ0v) is 11.5. The van der Waals surface area contributed by atoms with Crippen molar-refractivity contribution in [1.29, 1.82) is 0 Å². The van der Waals surface area contributed by atoms with Crippen molar-refractivity contribution in [3.05, 3.63) is 66.7 Å². The molecule has 0 fully saturated rings. The molecule has 2 aromatic rings. The number of carboxylic acid groups (broad SMARTS) is 1. The summed E-state index contributed by atoms with van der Waals surface area (Å²) in [6.45, 7) is 3.31. The number of ether oxygens (including phenoxy) is 1. The fourth-order valence-corrected chi connectivity index (χ4v) is 1.52. The molecule has 2 rings (SSSR count). The highest BCUT2D eigenvalue weighted by molar-refractivity contribution is 5.87. The Bertz CT molecular complexity index is 719. The molecule has 0 saturated carbocycles. The Labute approximate surface area is 126 Å². The van der Waals surface area contributed by atoms with Gasteiger partial charge in [-0.1, -0.05) is 6.58 Å². The Balaban J connectivity index is 2.05. The van der Waals surface area contributed by atoms with Gasteiger partial charge < -0.3 is 9.84 Å². The lowest BCUT2D eigenvalue weighted by molar-refractivity contribution is -0.128. The van der Waals surface area contributed by atoms with Gasteiger partial charge in [0.15, 0.2) is 0 Å². The molecule has 0 heterocycles. The highest BCUT2D eigenvalue weighted by atomic mass is 16.5. The fraction of sp³-hybridized carbons (Fsp3) is 0. The van der Waals surface area contributed by atoms with Crippen molar-refractivity contribution in [2.24, 2.45) is 10.2 Å². The fourth-order valence-electron chi connectivity index (χ4n) is 1.52. The van der Waals surface area contributed by atoms with Crippen LogP contribution >= 0.6 is 0 Å². The second-order valence-corrected chi connectivity index (χ2v) is 4.17. The highest BCUT2D eigenvalue weighted by Crippen LogP contribution is 2.21. The van der Waals surface area contributed by atoms with Crippen molar-refractivity contribution in [3.8, 4) is 5.75 Å². The summed E-state index contributed by atoms with van der Waals surface area (Å²) in [5.74, 6) is -1.14. The molecule has 110 valence electrons. The monoisotopic (exact) mass is 296 g/mol. The molecule has 0 radical (unpaired) electrons. The molecule has 6 heteroatoms. The summed E-state index contributed by atoms with van der Waals surface area (Å²) in [4.78, 5) is 21.8. The number of rotatable bonds is 5. The van der Waals surface area contributed by atoms with Crippen LogP contribution in [0.25, 0.3) is 0 Å². The Morgan fingerprint density at radius 1 is 0.955 bits per heavy atom. The third-order valence-electron chi connectivity index (χ3n) is 2.62. The lowest BCUT2D eigenvalue weighted by Gasteiger charge is -2.00. The van der Waals surface area contributed by atoms with Crippen molar-refractivity contribution in [1.82, 2.24) is 0 Å². The van der Waals surface area contributed by atoms with Gasteiger partial charge in [-0.3, -0.25) is 0 Å². The van der Waals surface area contributed by atoms with Gasteiger partial charge in [-0.05, 0) is 48.5 Å². The standard InChI is InChI=1S/C16H12N2O4/c1-2-15(19)22-14-9-7-13(8-10-14)18-17-12-5-3-11(4-6-12)16(20)21/h2-10H,1H2,(H,20,21)/b18-17+. The van der Waals surface area contributed by atoms with Crippen molar-refractivity contribution in [2.75, 3.05) is 0 Å². The Hall–Kier alpha value is -3.28. The first-order valence-electron chi connectivity index (χ1n) is 6.28. The van der Waals surface area contributed by atoms with E-state index in [1.165, 1.54) is 12.1 Å². The average Bonchev–Trinajstić information content (AvgIpc) is 2.54. The molecule has 0 atom stereocenters. The molecule has 0 aliphatic rings. The quantitative estimate of drug-likeness (QED) is 0.392. The minimum atomic E-state index is -0.992. The topological polar surface area (TPSA) is 88.3 Å². The molecule has 1 N–H and O–H groups in total. The Morgan fingerprint density at radius 2 is 1.45 bits per heavy atom. The van der Waals surface area contributed by atoms with Gasteiger partial charge in [-0.25, -0.2) is 9.59 Å². The number of hydrogen-bond acceptors (Lipinski definition) is 5. The number of esters is 1. The van der Waals surface area contributed by atoms with E-state index >= 15 is 0 Å². The van der Waals surface area contributed by atoms with Crippen LogP contribution in [0.15, 0.2) is 71.4 Å². The van der Waals surface area contributed by atoms with Gasteiger partial charge in [-0.15, -0.1) is 0 Å². The van der Waals surface area contributed by atoms with Crippen molar-refractivity contribution < 1.29 is 19.4 Å². The smallest absolute Gasteiger partial charge is 0.335 e. The van der Waals surface area contributed by atoms with Gasteiger partial charge in [0.25, 0.3) is 0 Å². The number of aromatic carboxylic acids is 1. The van der Waals surface area contributed by atoms with Gasteiger partial charge >= 0.3 is 11.9 Å². The maximum atomic E-state index is 11.0. The molecule has 0 aromatic heterocycles. The van der Waals surface area contributed by atoms with E-state index in [0.29, 0.717) is 17.1 Å². The van der Waals surface area contributed by atoms with E-state index in [0.717, 1.165) is 6.08 Å². The number of carbonyl (C=O) groups is 2. The predicted molar refractivity (Wildman–Crippen MR) is 79.9 cm³/mol. The summed E-state index contributed by atoms with van der Waals surface area (Å²) in [5.41, 5.74) is 1.29. The van der Waals surface area contributed by atoms with E-state index in [1.807, 2.05) is 0 Å². The van der Waals surface area contributed by atoms with E-state index in [-0.39, 0.29) is 5.56 Å². The molecule has 0 saturated heterocycles. The van der Waals surface area contributed by atoms with Crippen LogP contribution in [0.4, 0.5) is 11.4 Å². The van der Waals surface area contributed by atoms with Crippen LogP contribution < -0.4 is 4.74 Å². The number of carbonyl (C=O) groups excluding carboxylic acids is 1. The number of hydrogen-bond donors (Lipinski definition) is 1. The Morgan fingerprint density at radius 3 is 1.91 bits per heavy atom. The molecule has 0 aliphatic carbocycles. The molecule has 0 spiro atoms. The van der Waals surface area contributed by atoms with E-state index < -0.39 is 11.9 Å². The summed E-state index contributed by atoms with van der Waals surface area (Å²) < 4.78 is 4.93. The van der Waals surface area contributed by atoms with Crippen LogP contribution in [0.5, 0.6) is 5.75 Å². The van der Waals surface area contributed by atoms with Crippen LogP contribution in [0.2, 0.25) is 0 Å². The molecule has 6 nitrogen and oxygen atoms in total. The molecule has 0 aliphatic heterocycles. The number of azo groups is 1. The van der Waals surface area contributed by atoms with Gasteiger partial charge in [0.2, 0.25) is 0 Å². The second-order valence-electron chi connectivity index (χ2n) is 4.17. The number of nitrogens with zero attached hydrogens (tertiary/aromatic N) is 2. The zero-order chi connectivity index (χ0) is 15.9. The third-order valence-corrected chi connectivity index (χ3v) is 2.62. The third kappa shape index (κ3) is 4.11. The summed E-state index contributed by atoms with van der Waals surface area (Å²) in [6, 6.07) is 12.5. The minimum absolute atomic E-state index is 0.187. The summed E-state index contributed by atoms with van der Waals surface area (Å²) >= 11 is 0. The van der Waals surface area contributed by atoms with Crippen molar-refractivity contribution >= 4 is 23.3 Å². The van der Waals surface area contributed by atoms with Crippen LogP contribution in [-0.4, -0.2) is 17.0 Å². The molecular weight excluding hydrogens is 284 g/mol. The van der Waals surface area contributed by atoms with E-state index in [1.54, 1.807) is 36.4 Å². The number of carboxylic acids is 1. The zero-order valence-electron chi connectivity index (χ0n) is 11.5. The molecule has 0 amide bonds. The first-order valence-corrected chi connectivity index (χ1v) is 6.28. The van der Waals surface area contributed by atoms with Crippen LogP contribution in [0, 0.1) is 0 Å². The minimum Gasteiger partial charge on any atom is -0.478 e. The largest absolute Gasteiger partial charge is 0.478 e. The maximum Gasteiger partial charge on any atom is 0.335 e. The predicted octanol–water partition coefficient (Wildman–Crippen LogP) is 3.89. The normalized spacial score (nSPS) is 10.4. The summed E-state index contributed by atoms with van der Waals surface area (Å²) in [7, 11) is 0. The van der Waals surface area contributed by atoms with Gasteiger partial charge in [0.1, 0.15) is 5.75 Å². The number of benzene rings is 2. The Kier molecular flexibility index (Phi) is 4.77. The van der Waals surface area contributed by atoms with E-state index in [9.17, 15) is 9.59 Å². The molecular formula is C16H12N2O4. The average molecular weight is 296 g/mol. The second kappa shape index (κ2) is 6.94. The molecule has 2 aromatic carbocycles. The van der Waals surface area contributed by atoms with E-state index in [4.69, 9.17) is 9.84 Å². The summed E-state index contributed by atoms with van der Waals surface area (Å²) in [6.07, 6.45) is 1.08.